The average molecular weight is 653 g/mol. The third-order valence-electron chi connectivity index (χ3n) is 10.2. The Morgan fingerprint density at radius 1 is 0.431 bits per heavy atom. The number of hydrogen-bond acceptors (Lipinski definition) is 3. The Hall–Kier alpha value is -6.65. The lowest BCUT2D eigenvalue weighted by Gasteiger charge is -2.16. The number of para-hydroxylation sites is 1. The minimum Gasteiger partial charge on any atom is -0.309 e. The number of rotatable bonds is 5. The van der Waals surface area contributed by atoms with Crippen LogP contribution in [0.2, 0.25) is 0 Å². The van der Waals surface area contributed by atoms with E-state index in [0.717, 1.165) is 22.4 Å². The van der Waals surface area contributed by atoms with Crippen molar-refractivity contribution >= 4 is 21.8 Å². The second-order valence-corrected chi connectivity index (χ2v) is 13.3. The van der Waals surface area contributed by atoms with Gasteiger partial charge >= 0.3 is 0 Å². The third kappa shape index (κ3) is 4.87. The van der Waals surface area contributed by atoms with Crippen molar-refractivity contribution in [2.75, 3.05) is 0 Å². The fourth-order valence-corrected chi connectivity index (χ4v) is 7.87. The second kappa shape index (κ2) is 11.7. The maximum absolute atomic E-state index is 5.04. The summed E-state index contributed by atoms with van der Waals surface area (Å²) in [7, 11) is 0. The van der Waals surface area contributed by atoms with E-state index in [9.17, 15) is 0 Å². The smallest absolute Gasteiger partial charge is 0.164 e. The van der Waals surface area contributed by atoms with Crippen molar-refractivity contribution in [2.45, 2.75) is 12.8 Å². The predicted molar refractivity (Wildman–Crippen MR) is 208 cm³/mol. The highest BCUT2D eigenvalue weighted by Gasteiger charge is 2.31. The molecule has 1 aliphatic rings. The largest absolute Gasteiger partial charge is 0.309 e. The van der Waals surface area contributed by atoms with Gasteiger partial charge < -0.3 is 4.57 Å². The molecule has 51 heavy (non-hydrogen) atoms. The summed E-state index contributed by atoms with van der Waals surface area (Å²) in [5, 5.41) is 2.47. The summed E-state index contributed by atoms with van der Waals surface area (Å²) in [4.78, 5) is 15.0. The zero-order valence-corrected chi connectivity index (χ0v) is 28.0. The lowest BCUT2D eigenvalue weighted by Crippen LogP contribution is -2.02. The van der Waals surface area contributed by atoms with E-state index in [1.54, 1.807) is 0 Å². The van der Waals surface area contributed by atoms with Crippen molar-refractivity contribution in [3.63, 3.8) is 0 Å². The van der Waals surface area contributed by atoms with Gasteiger partial charge in [0.1, 0.15) is 0 Å². The maximum atomic E-state index is 5.04. The molecule has 0 radical (unpaired) electrons. The van der Waals surface area contributed by atoms with E-state index in [0.29, 0.717) is 17.5 Å². The molecule has 9 aromatic rings. The number of aromatic nitrogens is 4. The van der Waals surface area contributed by atoms with Gasteiger partial charge in [0.05, 0.1) is 11.0 Å². The van der Waals surface area contributed by atoms with Crippen LogP contribution in [0.15, 0.2) is 170 Å². The van der Waals surface area contributed by atoms with Gasteiger partial charge in [-0.25, -0.2) is 15.0 Å². The van der Waals surface area contributed by atoms with Crippen molar-refractivity contribution in [2.24, 2.45) is 0 Å². The van der Waals surface area contributed by atoms with E-state index in [4.69, 9.17) is 15.0 Å². The molecule has 0 fully saturated rings. The molecule has 7 aromatic carbocycles. The molecular formula is C47H32N4. The number of benzene rings is 7. The van der Waals surface area contributed by atoms with E-state index >= 15 is 0 Å². The molecule has 2 heterocycles. The molecule has 0 saturated heterocycles. The molecule has 4 heteroatoms. The summed E-state index contributed by atoms with van der Waals surface area (Å²) >= 11 is 0. The lowest BCUT2D eigenvalue weighted by molar-refractivity contribution is 1.01. The van der Waals surface area contributed by atoms with E-state index in [-0.39, 0.29) is 5.92 Å². The van der Waals surface area contributed by atoms with E-state index in [1.807, 2.05) is 60.7 Å². The Bertz CT molecular complexity index is 2710. The first-order valence-corrected chi connectivity index (χ1v) is 17.4. The fourth-order valence-electron chi connectivity index (χ4n) is 7.87. The molecule has 0 aliphatic heterocycles. The Morgan fingerprint density at radius 3 is 1.80 bits per heavy atom. The molecule has 240 valence electrons. The summed E-state index contributed by atoms with van der Waals surface area (Å²) < 4.78 is 2.40. The molecule has 1 atom stereocenters. The summed E-state index contributed by atoms with van der Waals surface area (Å²) in [5.74, 6) is 2.11. The molecule has 0 amide bonds. The van der Waals surface area contributed by atoms with Gasteiger partial charge in [-0.05, 0) is 65.1 Å². The zero-order valence-electron chi connectivity index (χ0n) is 28.0. The van der Waals surface area contributed by atoms with Gasteiger partial charge in [0, 0.05) is 39.1 Å². The molecule has 1 unspecified atom stereocenters. The first-order valence-electron chi connectivity index (χ1n) is 17.4. The highest BCUT2D eigenvalue weighted by Crippen LogP contribution is 2.50. The van der Waals surface area contributed by atoms with Crippen LogP contribution in [0.3, 0.4) is 0 Å². The third-order valence-corrected chi connectivity index (χ3v) is 10.2. The Kier molecular flexibility index (Phi) is 6.75. The highest BCUT2D eigenvalue weighted by molar-refractivity contribution is 6.11. The molecule has 10 rings (SSSR count). The zero-order chi connectivity index (χ0) is 33.9. The van der Waals surface area contributed by atoms with E-state index in [1.165, 1.54) is 55.2 Å². The van der Waals surface area contributed by atoms with Crippen LogP contribution in [-0.2, 0) is 0 Å². The van der Waals surface area contributed by atoms with Crippen LogP contribution < -0.4 is 0 Å². The summed E-state index contributed by atoms with van der Waals surface area (Å²) in [6.45, 7) is 2.18. The minimum atomic E-state index is 0.163. The van der Waals surface area contributed by atoms with E-state index < -0.39 is 0 Å². The number of aryl methyl sites for hydroxylation is 1. The van der Waals surface area contributed by atoms with Gasteiger partial charge in [-0.2, -0.15) is 0 Å². The van der Waals surface area contributed by atoms with Crippen LogP contribution in [0, 0.1) is 6.92 Å². The minimum absolute atomic E-state index is 0.163. The average Bonchev–Trinajstić information content (AvgIpc) is 3.69. The molecule has 4 nitrogen and oxygen atoms in total. The van der Waals surface area contributed by atoms with Crippen LogP contribution in [0.1, 0.15) is 28.2 Å². The summed E-state index contributed by atoms with van der Waals surface area (Å²) in [6.07, 6.45) is 0. The van der Waals surface area contributed by atoms with E-state index in [2.05, 4.69) is 121 Å². The number of hydrogen-bond donors (Lipinski definition) is 0. The second-order valence-electron chi connectivity index (χ2n) is 13.3. The van der Waals surface area contributed by atoms with Crippen molar-refractivity contribution < 1.29 is 0 Å². The SMILES string of the molecule is Cc1cccc(C2c3ccccc3-c3cc4c5ccccc5n(-c5cccc(-c6nc(-c7ccccc7)nc(-c7ccccc7)n6)c5)c4cc32)c1. The van der Waals surface area contributed by atoms with Gasteiger partial charge in [0.2, 0.25) is 0 Å². The Morgan fingerprint density at radius 2 is 1.06 bits per heavy atom. The molecular weight excluding hydrogens is 621 g/mol. The van der Waals surface area contributed by atoms with Gasteiger partial charge in [-0.1, -0.05) is 145 Å². The van der Waals surface area contributed by atoms with Crippen LogP contribution in [0.25, 0.3) is 72.8 Å². The monoisotopic (exact) mass is 652 g/mol. The van der Waals surface area contributed by atoms with Crippen LogP contribution in [-0.4, -0.2) is 19.5 Å². The first kappa shape index (κ1) is 29.3. The van der Waals surface area contributed by atoms with Crippen molar-refractivity contribution in [1.29, 1.82) is 0 Å². The first-order chi connectivity index (χ1) is 25.2. The van der Waals surface area contributed by atoms with Crippen molar-refractivity contribution in [1.82, 2.24) is 19.5 Å². The molecule has 0 saturated carbocycles. The van der Waals surface area contributed by atoms with Crippen LogP contribution >= 0.6 is 0 Å². The quantitative estimate of drug-likeness (QED) is 0.186. The predicted octanol–water partition coefficient (Wildman–Crippen LogP) is 11.4. The van der Waals surface area contributed by atoms with Gasteiger partial charge in [0.25, 0.3) is 0 Å². The van der Waals surface area contributed by atoms with Gasteiger partial charge in [0.15, 0.2) is 17.5 Å². The summed E-state index contributed by atoms with van der Waals surface area (Å²) in [5.41, 5.74) is 14.2. The Labute approximate surface area is 296 Å². The molecule has 0 bridgehead atoms. The normalized spacial score (nSPS) is 13.4. The molecule has 0 spiro atoms. The van der Waals surface area contributed by atoms with Gasteiger partial charge in [-0.3, -0.25) is 0 Å². The summed E-state index contributed by atoms with van der Waals surface area (Å²) in [6, 6.07) is 60.3. The number of fused-ring (bicyclic) bond motifs is 6. The van der Waals surface area contributed by atoms with Crippen molar-refractivity contribution in [3.8, 4) is 51.0 Å². The highest BCUT2D eigenvalue weighted by atomic mass is 15.0. The number of nitrogens with zero attached hydrogens (tertiary/aromatic N) is 4. The molecule has 1 aliphatic carbocycles. The lowest BCUT2D eigenvalue weighted by atomic mass is 9.88. The molecule has 2 aromatic heterocycles. The van der Waals surface area contributed by atoms with Crippen LogP contribution in [0.4, 0.5) is 0 Å². The standard InChI is InChI=1S/C47H32N4/c1-30-14-12-19-33(26-30)44-38-24-9-8-22-36(38)39-28-40-37-23-10-11-25-42(37)51(43(40)29-41(39)44)35-21-13-20-34(27-35)47-49-45(31-15-4-2-5-16-31)48-46(50-47)32-17-6-3-7-18-32/h2-29,44H,1H3. The molecule has 0 N–H and O–H groups in total. The van der Waals surface area contributed by atoms with Gasteiger partial charge in [-0.15, -0.1) is 0 Å². The Balaban J connectivity index is 1.19. The van der Waals surface area contributed by atoms with Crippen molar-refractivity contribution in [3.05, 3.63) is 192 Å². The van der Waals surface area contributed by atoms with Crippen LogP contribution in [0.5, 0.6) is 0 Å². The fraction of sp³-hybridized carbons (Fsp3) is 0.0426. The topological polar surface area (TPSA) is 43.6 Å². The maximum Gasteiger partial charge on any atom is 0.164 e.